The predicted molar refractivity (Wildman–Crippen MR) is 105 cm³/mol. The Hall–Kier alpha value is -2.82. The van der Waals surface area contributed by atoms with Crippen LogP contribution in [0.5, 0.6) is 0 Å². The summed E-state index contributed by atoms with van der Waals surface area (Å²) >= 11 is 0. The quantitative estimate of drug-likeness (QED) is 0.893. The zero-order valence-electron chi connectivity index (χ0n) is 15.7. The number of amides is 3. The standard InChI is InChI=1S/C21H25N3O2/c1-14-5-8-18(9-6-14)22-21(26)23-11-12-24(20(25)17(23)4)19-10-7-15(2)16(3)13-19/h5-10,13,17H,11-12H2,1-4H3,(H,22,26)/t17-/m0/s1. The predicted octanol–water partition coefficient (Wildman–Crippen LogP) is 3.88. The Kier molecular flexibility index (Phi) is 4.98. The normalized spacial score (nSPS) is 17.4. The molecule has 0 aromatic heterocycles. The van der Waals surface area contributed by atoms with Crippen molar-refractivity contribution in [2.24, 2.45) is 0 Å². The molecule has 1 aliphatic rings. The molecule has 0 bridgehead atoms. The van der Waals surface area contributed by atoms with Gasteiger partial charge in [-0.2, -0.15) is 0 Å². The summed E-state index contributed by atoms with van der Waals surface area (Å²) in [5.41, 5.74) is 5.11. The second kappa shape index (κ2) is 7.20. The Labute approximate surface area is 154 Å². The molecule has 1 heterocycles. The summed E-state index contributed by atoms with van der Waals surface area (Å²) in [6.45, 7) is 8.86. The van der Waals surface area contributed by atoms with E-state index in [0.29, 0.717) is 13.1 Å². The van der Waals surface area contributed by atoms with E-state index in [1.165, 1.54) is 5.56 Å². The lowest BCUT2D eigenvalue weighted by atomic mass is 10.1. The van der Waals surface area contributed by atoms with Crippen LogP contribution in [0.15, 0.2) is 42.5 Å². The van der Waals surface area contributed by atoms with Crippen LogP contribution in [-0.2, 0) is 4.79 Å². The minimum absolute atomic E-state index is 0.0569. The highest BCUT2D eigenvalue weighted by molar-refractivity contribution is 6.01. The van der Waals surface area contributed by atoms with E-state index >= 15 is 0 Å². The summed E-state index contributed by atoms with van der Waals surface area (Å²) < 4.78 is 0. The highest BCUT2D eigenvalue weighted by atomic mass is 16.2. The Morgan fingerprint density at radius 1 is 1.00 bits per heavy atom. The van der Waals surface area contributed by atoms with Crippen LogP contribution in [-0.4, -0.2) is 36.0 Å². The Morgan fingerprint density at radius 3 is 2.35 bits per heavy atom. The van der Waals surface area contributed by atoms with E-state index in [2.05, 4.69) is 12.2 Å². The van der Waals surface area contributed by atoms with E-state index in [1.807, 2.05) is 56.3 Å². The topological polar surface area (TPSA) is 52.7 Å². The molecule has 3 amide bonds. The molecule has 0 saturated carbocycles. The number of urea groups is 1. The Balaban J connectivity index is 1.71. The van der Waals surface area contributed by atoms with Gasteiger partial charge in [0.2, 0.25) is 5.91 Å². The first-order chi connectivity index (χ1) is 12.4. The van der Waals surface area contributed by atoms with Crippen LogP contribution in [0, 0.1) is 20.8 Å². The third-order valence-corrected chi connectivity index (χ3v) is 5.02. The summed E-state index contributed by atoms with van der Waals surface area (Å²) in [5.74, 6) is -0.0569. The minimum atomic E-state index is -0.504. The van der Waals surface area contributed by atoms with Gasteiger partial charge in [0, 0.05) is 24.5 Å². The molecule has 26 heavy (non-hydrogen) atoms. The van der Waals surface area contributed by atoms with Crippen LogP contribution < -0.4 is 10.2 Å². The second-order valence-electron chi connectivity index (χ2n) is 6.92. The summed E-state index contributed by atoms with van der Waals surface area (Å²) in [7, 11) is 0. The average Bonchev–Trinajstić information content (AvgIpc) is 2.61. The number of carbonyl (C=O) groups excluding carboxylic acids is 2. The maximum atomic E-state index is 12.8. The van der Waals surface area contributed by atoms with Gasteiger partial charge in [0.25, 0.3) is 0 Å². The molecule has 0 aliphatic carbocycles. The summed E-state index contributed by atoms with van der Waals surface area (Å²) in [6.07, 6.45) is 0. The number of nitrogens with zero attached hydrogens (tertiary/aromatic N) is 2. The highest BCUT2D eigenvalue weighted by Crippen LogP contribution is 2.23. The average molecular weight is 351 g/mol. The number of rotatable bonds is 2. The lowest BCUT2D eigenvalue weighted by Crippen LogP contribution is -2.58. The van der Waals surface area contributed by atoms with E-state index in [0.717, 1.165) is 22.5 Å². The van der Waals surface area contributed by atoms with Gasteiger partial charge in [0.1, 0.15) is 6.04 Å². The fraction of sp³-hybridized carbons (Fsp3) is 0.333. The number of aryl methyl sites for hydroxylation is 3. The van der Waals surface area contributed by atoms with E-state index in [4.69, 9.17) is 0 Å². The Morgan fingerprint density at radius 2 is 1.69 bits per heavy atom. The maximum absolute atomic E-state index is 12.8. The van der Waals surface area contributed by atoms with Crippen molar-refractivity contribution >= 4 is 23.3 Å². The third-order valence-electron chi connectivity index (χ3n) is 5.02. The fourth-order valence-electron chi connectivity index (χ4n) is 3.13. The number of anilines is 2. The highest BCUT2D eigenvalue weighted by Gasteiger charge is 2.35. The molecule has 1 saturated heterocycles. The van der Waals surface area contributed by atoms with Crippen LogP contribution in [0.1, 0.15) is 23.6 Å². The van der Waals surface area contributed by atoms with Crippen molar-refractivity contribution in [3.05, 3.63) is 59.2 Å². The van der Waals surface area contributed by atoms with Crippen LogP contribution in [0.4, 0.5) is 16.2 Å². The smallest absolute Gasteiger partial charge is 0.311 e. The number of hydrogen-bond acceptors (Lipinski definition) is 2. The monoisotopic (exact) mass is 351 g/mol. The summed E-state index contributed by atoms with van der Waals surface area (Å²) in [6, 6.07) is 12.9. The van der Waals surface area contributed by atoms with E-state index in [9.17, 15) is 9.59 Å². The van der Waals surface area contributed by atoms with Gasteiger partial charge in [-0.15, -0.1) is 0 Å². The van der Waals surface area contributed by atoms with Gasteiger partial charge in [-0.25, -0.2) is 4.79 Å². The largest absolute Gasteiger partial charge is 0.322 e. The lowest BCUT2D eigenvalue weighted by Gasteiger charge is -2.39. The molecule has 1 atom stereocenters. The molecule has 5 heteroatoms. The first-order valence-electron chi connectivity index (χ1n) is 8.90. The molecule has 2 aromatic rings. The molecule has 1 aliphatic heterocycles. The number of piperazine rings is 1. The molecule has 5 nitrogen and oxygen atoms in total. The van der Waals surface area contributed by atoms with Crippen molar-refractivity contribution in [1.82, 2.24) is 4.90 Å². The number of nitrogens with one attached hydrogen (secondary N) is 1. The first kappa shape index (κ1) is 18.0. The Bertz CT molecular complexity index is 830. The molecule has 0 unspecified atom stereocenters. The SMILES string of the molecule is Cc1ccc(NC(=O)N2CCN(c3ccc(C)c(C)c3)C(=O)[C@@H]2C)cc1. The first-order valence-corrected chi connectivity index (χ1v) is 8.90. The summed E-state index contributed by atoms with van der Waals surface area (Å²) in [4.78, 5) is 28.8. The third kappa shape index (κ3) is 3.57. The molecule has 2 aromatic carbocycles. The summed E-state index contributed by atoms with van der Waals surface area (Å²) in [5, 5.41) is 2.88. The van der Waals surface area contributed by atoms with Crippen LogP contribution in [0.3, 0.4) is 0 Å². The fourth-order valence-corrected chi connectivity index (χ4v) is 3.13. The van der Waals surface area contributed by atoms with E-state index < -0.39 is 6.04 Å². The number of benzene rings is 2. The zero-order chi connectivity index (χ0) is 18.8. The molecule has 1 fully saturated rings. The van der Waals surface area contributed by atoms with Gasteiger partial charge in [-0.05, 0) is 63.1 Å². The van der Waals surface area contributed by atoms with Gasteiger partial charge in [-0.3, -0.25) is 4.79 Å². The van der Waals surface area contributed by atoms with Gasteiger partial charge in [-0.1, -0.05) is 23.8 Å². The van der Waals surface area contributed by atoms with Gasteiger partial charge >= 0.3 is 6.03 Å². The van der Waals surface area contributed by atoms with Crippen molar-refractivity contribution in [2.75, 3.05) is 23.3 Å². The zero-order valence-corrected chi connectivity index (χ0v) is 15.7. The number of hydrogen-bond donors (Lipinski definition) is 1. The van der Waals surface area contributed by atoms with Crippen molar-refractivity contribution in [2.45, 2.75) is 33.7 Å². The molecule has 3 rings (SSSR count). The van der Waals surface area contributed by atoms with Crippen LogP contribution >= 0.6 is 0 Å². The molecular weight excluding hydrogens is 326 g/mol. The van der Waals surface area contributed by atoms with Crippen molar-refractivity contribution in [3.8, 4) is 0 Å². The second-order valence-corrected chi connectivity index (χ2v) is 6.92. The van der Waals surface area contributed by atoms with Crippen molar-refractivity contribution in [1.29, 1.82) is 0 Å². The number of carbonyl (C=O) groups is 2. The molecule has 136 valence electrons. The molecule has 1 N–H and O–H groups in total. The maximum Gasteiger partial charge on any atom is 0.322 e. The molecular formula is C21H25N3O2. The van der Waals surface area contributed by atoms with Gasteiger partial charge in [0.05, 0.1) is 0 Å². The van der Waals surface area contributed by atoms with Crippen LogP contribution in [0.25, 0.3) is 0 Å². The minimum Gasteiger partial charge on any atom is -0.311 e. The van der Waals surface area contributed by atoms with Gasteiger partial charge < -0.3 is 15.1 Å². The van der Waals surface area contributed by atoms with Gasteiger partial charge in [0.15, 0.2) is 0 Å². The van der Waals surface area contributed by atoms with Crippen molar-refractivity contribution in [3.63, 3.8) is 0 Å². The van der Waals surface area contributed by atoms with Crippen LogP contribution in [0.2, 0.25) is 0 Å². The lowest BCUT2D eigenvalue weighted by molar-refractivity contribution is -0.123. The van der Waals surface area contributed by atoms with Crippen molar-refractivity contribution < 1.29 is 9.59 Å². The molecule has 0 spiro atoms. The van der Waals surface area contributed by atoms with E-state index in [1.54, 1.807) is 16.7 Å². The molecule has 0 radical (unpaired) electrons. The van der Waals surface area contributed by atoms with E-state index in [-0.39, 0.29) is 11.9 Å².